The van der Waals surface area contributed by atoms with Gasteiger partial charge in [0, 0.05) is 30.0 Å². The number of carbonyl (C=O) groups excluding carboxylic acids is 2. The molecule has 1 atom stereocenters. The SMILES string of the molecule is CC(=O)N1CCc2sccc2[C@H]1c1ccc(NC(=O)C2CC2)cc1. The Balaban J connectivity index is 1.61. The van der Waals surface area contributed by atoms with E-state index < -0.39 is 0 Å². The Morgan fingerprint density at radius 1 is 1.17 bits per heavy atom. The lowest BCUT2D eigenvalue weighted by molar-refractivity contribution is -0.130. The van der Waals surface area contributed by atoms with Crippen molar-refractivity contribution in [2.24, 2.45) is 5.92 Å². The number of rotatable bonds is 3. The van der Waals surface area contributed by atoms with E-state index >= 15 is 0 Å². The van der Waals surface area contributed by atoms with Crippen LogP contribution in [0.25, 0.3) is 0 Å². The van der Waals surface area contributed by atoms with Crippen molar-refractivity contribution in [2.75, 3.05) is 11.9 Å². The minimum atomic E-state index is -0.0225. The minimum absolute atomic E-state index is 0.0225. The fourth-order valence-corrected chi connectivity index (χ4v) is 4.26. The van der Waals surface area contributed by atoms with Gasteiger partial charge in [0.05, 0.1) is 6.04 Å². The number of carbonyl (C=O) groups is 2. The van der Waals surface area contributed by atoms with Crippen LogP contribution in [-0.2, 0) is 16.0 Å². The first-order chi connectivity index (χ1) is 11.6. The lowest BCUT2D eigenvalue weighted by Crippen LogP contribution is -2.38. The van der Waals surface area contributed by atoms with Gasteiger partial charge in [0.25, 0.3) is 0 Å². The lowest BCUT2D eigenvalue weighted by Gasteiger charge is -2.35. The normalized spacial score (nSPS) is 19.7. The summed E-state index contributed by atoms with van der Waals surface area (Å²) in [5.41, 5.74) is 3.15. The van der Waals surface area contributed by atoms with Crippen LogP contribution in [0.4, 0.5) is 5.69 Å². The number of hydrogen-bond acceptors (Lipinski definition) is 3. The highest BCUT2D eigenvalue weighted by molar-refractivity contribution is 7.10. The number of nitrogens with zero attached hydrogens (tertiary/aromatic N) is 1. The predicted octanol–water partition coefficient (Wildman–Crippen LogP) is 3.59. The topological polar surface area (TPSA) is 49.4 Å². The van der Waals surface area contributed by atoms with Crippen LogP contribution >= 0.6 is 11.3 Å². The molecule has 124 valence electrons. The number of fused-ring (bicyclic) bond motifs is 1. The van der Waals surface area contributed by atoms with Crippen molar-refractivity contribution in [3.63, 3.8) is 0 Å². The van der Waals surface area contributed by atoms with Gasteiger partial charge in [0.2, 0.25) is 11.8 Å². The molecule has 2 aliphatic rings. The van der Waals surface area contributed by atoms with Crippen molar-refractivity contribution in [3.8, 4) is 0 Å². The molecule has 2 aromatic rings. The minimum Gasteiger partial charge on any atom is -0.331 e. The van der Waals surface area contributed by atoms with E-state index in [-0.39, 0.29) is 23.8 Å². The van der Waals surface area contributed by atoms with Gasteiger partial charge in [0.1, 0.15) is 0 Å². The molecule has 1 N–H and O–H groups in total. The summed E-state index contributed by atoms with van der Waals surface area (Å²) in [4.78, 5) is 27.3. The number of hydrogen-bond donors (Lipinski definition) is 1. The molecule has 2 heterocycles. The smallest absolute Gasteiger partial charge is 0.227 e. The highest BCUT2D eigenvalue weighted by atomic mass is 32.1. The zero-order valence-electron chi connectivity index (χ0n) is 13.6. The molecule has 5 heteroatoms. The van der Waals surface area contributed by atoms with Crippen LogP contribution in [0.2, 0.25) is 0 Å². The maximum absolute atomic E-state index is 12.1. The molecule has 1 fully saturated rings. The average Bonchev–Trinajstić information content (AvgIpc) is 3.32. The van der Waals surface area contributed by atoms with Gasteiger partial charge in [0.15, 0.2) is 0 Å². The van der Waals surface area contributed by atoms with E-state index in [2.05, 4.69) is 16.8 Å². The van der Waals surface area contributed by atoms with E-state index in [4.69, 9.17) is 0 Å². The molecule has 2 amide bonds. The van der Waals surface area contributed by atoms with Crippen LogP contribution in [0.1, 0.15) is 41.8 Å². The Hall–Kier alpha value is -2.14. The molecular formula is C19H20N2O2S. The second-order valence-corrected chi connectivity index (χ2v) is 7.55. The first kappa shape index (κ1) is 15.4. The molecule has 1 aromatic carbocycles. The highest BCUT2D eigenvalue weighted by Gasteiger charge is 2.32. The third-order valence-corrected chi connectivity index (χ3v) is 5.81. The van der Waals surface area contributed by atoms with Gasteiger partial charge in [-0.2, -0.15) is 0 Å². The number of nitrogens with one attached hydrogen (secondary N) is 1. The molecule has 0 spiro atoms. The van der Waals surface area contributed by atoms with Crippen LogP contribution in [0.3, 0.4) is 0 Å². The van der Waals surface area contributed by atoms with Crippen molar-refractivity contribution >= 4 is 28.8 Å². The first-order valence-electron chi connectivity index (χ1n) is 8.38. The van der Waals surface area contributed by atoms with Gasteiger partial charge < -0.3 is 10.2 Å². The van der Waals surface area contributed by atoms with E-state index in [1.54, 1.807) is 18.3 Å². The van der Waals surface area contributed by atoms with Crippen molar-refractivity contribution in [1.82, 2.24) is 4.90 Å². The number of amides is 2. The summed E-state index contributed by atoms with van der Waals surface area (Å²) in [6, 6.07) is 10.0. The van der Waals surface area contributed by atoms with Crippen molar-refractivity contribution in [1.29, 1.82) is 0 Å². The zero-order chi connectivity index (χ0) is 16.7. The molecule has 1 aliphatic carbocycles. The van der Waals surface area contributed by atoms with Crippen LogP contribution in [-0.4, -0.2) is 23.3 Å². The van der Waals surface area contributed by atoms with Crippen LogP contribution in [0, 0.1) is 5.92 Å². The number of benzene rings is 1. The largest absolute Gasteiger partial charge is 0.331 e. The molecule has 0 bridgehead atoms. The Bertz CT molecular complexity index is 777. The molecule has 1 aromatic heterocycles. The fraction of sp³-hybridized carbons (Fsp3) is 0.368. The Labute approximate surface area is 145 Å². The second kappa shape index (κ2) is 6.06. The van der Waals surface area contributed by atoms with Crippen molar-refractivity contribution in [3.05, 3.63) is 51.7 Å². The number of thiophene rings is 1. The number of anilines is 1. The summed E-state index contributed by atoms with van der Waals surface area (Å²) in [7, 11) is 0. The summed E-state index contributed by atoms with van der Waals surface area (Å²) in [5.74, 6) is 0.415. The summed E-state index contributed by atoms with van der Waals surface area (Å²) >= 11 is 1.76. The monoisotopic (exact) mass is 340 g/mol. The fourth-order valence-electron chi connectivity index (χ4n) is 3.35. The van der Waals surface area contributed by atoms with Crippen LogP contribution in [0.5, 0.6) is 0 Å². The molecule has 0 radical (unpaired) electrons. The predicted molar refractivity (Wildman–Crippen MR) is 95.0 cm³/mol. The summed E-state index contributed by atoms with van der Waals surface area (Å²) in [5, 5.41) is 5.07. The highest BCUT2D eigenvalue weighted by Crippen LogP contribution is 2.38. The Morgan fingerprint density at radius 3 is 2.58 bits per heavy atom. The van der Waals surface area contributed by atoms with Gasteiger partial charge in [-0.3, -0.25) is 9.59 Å². The first-order valence-corrected chi connectivity index (χ1v) is 9.26. The molecule has 0 saturated heterocycles. The van der Waals surface area contributed by atoms with Gasteiger partial charge in [-0.25, -0.2) is 0 Å². The second-order valence-electron chi connectivity index (χ2n) is 6.55. The Kier molecular flexibility index (Phi) is 3.88. The van der Waals surface area contributed by atoms with E-state index in [1.165, 1.54) is 10.4 Å². The molecule has 1 aliphatic heterocycles. The van der Waals surface area contributed by atoms with Crippen LogP contribution in [0.15, 0.2) is 35.7 Å². The van der Waals surface area contributed by atoms with E-state index in [0.717, 1.165) is 37.1 Å². The maximum atomic E-state index is 12.1. The molecule has 0 unspecified atom stereocenters. The van der Waals surface area contributed by atoms with E-state index in [1.807, 2.05) is 29.2 Å². The lowest BCUT2D eigenvalue weighted by atomic mass is 9.93. The summed E-state index contributed by atoms with van der Waals surface area (Å²) < 4.78 is 0. The van der Waals surface area contributed by atoms with Crippen molar-refractivity contribution in [2.45, 2.75) is 32.2 Å². The van der Waals surface area contributed by atoms with Gasteiger partial charge in [-0.15, -0.1) is 11.3 Å². The molecule has 24 heavy (non-hydrogen) atoms. The maximum Gasteiger partial charge on any atom is 0.227 e. The van der Waals surface area contributed by atoms with E-state index in [9.17, 15) is 9.59 Å². The third-order valence-electron chi connectivity index (χ3n) is 4.81. The zero-order valence-corrected chi connectivity index (χ0v) is 14.4. The van der Waals surface area contributed by atoms with Crippen LogP contribution < -0.4 is 5.32 Å². The summed E-state index contributed by atoms with van der Waals surface area (Å²) in [6.07, 6.45) is 2.93. The quantitative estimate of drug-likeness (QED) is 0.928. The van der Waals surface area contributed by atoms with Gasteiger partial charge in [-0.05, 0) is 54.0 Å². The van der Waals surface area contributed by atoms with Crippen molar-refractivity contribution < 1.29 is 9.59 Å². The molecule has 4 nitrogen and oxygen atoms in total. The standard InChI is InChI=1S/C19H20N2O2S/c1-12(22)21-10-8-17-16(9-11-24-17)18(21)13-4-6-15(7-5-13)20-19(23)14-2-3-14/h4-7,9,11,14,18H,2-3,8,10H2,1H3,(H,20,23)/t18-/m1/s1. The molecule has 1 saturated carbocycles. The van der Waals surface area contributed by atoms with Gasteiger partial charge in [-0.1, -0.05) is 12.1 Å². The third kappa shape index (κ3) is 2.84. The molecule has 4 rings (SSSR count). The average molecular weight is 340 g/mol. The van der Waals surface area contributed by atoms with Gasteiger partial charge >= 0.3 is 0 Å². The molecular weight excluding hydrogens is 320 g/mol. The Morgan fingerprint density at radius 2 is 1.92 bits per heavy atom. The van der Waals surface area contributed by atoms with E-state index in [0.29, 0.717) is 0 Å². The summed E-state index contributed by atoms with van der Waals surface area (Å²) in [6.45, 7) is 2.39.